The van der Waals surface area contributed by atoms with Gasteiger partial charge in [0.25, 0.3) is 0 Å². The molecule has 10 aromatic rings. The minimum Gasteiger partial charge on any atom is -0.494 e. The first-order valence-electron chi connectivity index (χ1n) is 37.3. The van der Waals surface area contributed by atoms with E-state index in [-0.39, 0.29) is 57.9 Å². The van der Waals surface area contributed by atoms with Crippen LogP contribution in [0, 0.1) is 27.7 Å². The number of alkyl halides is 1. The van der Waals surface area contributed by atoms with Crippen molar-refractivity contribution in [2.24, 2.45) is 20.7 Å². The predicted octanol–water partition coefficient (Wildman–Crippen LogP) is 10.8. The number of carbonyl (C=O) groups excluding carboxylic acids is 1. The number of methoxy groups -OCH3 is 2. The van der Waals surface area contributed by atoms with Crippen LogP contribution in [0.4, 0.5) is 11.9 Å². The van der Waals surface area contributed by atoms with Crippen molar-refractivity contribution in [1.29, 1.82) is 0 Å². The van der Waals surface area contributed by atoms with Gasteiger partial charge in [0.2, 0.25) is 42.0 Å². The molecule has 612 valence electrons. The number of Topliss-reactive ketones (excluding diaryl/α,β-unsaturated/α-hetero) is 1. The number of carbonyl (C=O) groups is 1. The Morgan fingerprint density at radius 3 is 1.57 bits per heavy atom. The molecule has 29 nitrogen and oxygen atoms in total. The van der Waals surface area contributed by atoms with Gasteiger partial charge in [-0.15, -0.1) is 56.8 Å². The minimum absolute atomic E-state index is 0.0260. The molecule has 7 N–H and O–H groups in total. The first-order valence-corrected chi connectivity index (χ1v) is 46.4. The molecule has 12 heterocycles. The number of thioether (sulfide) groups is 3. The van der Waals surface area contributed by atoms with Crippen molar-refractivity contribution in [2.45, 2.75) is 167 Å². The summed E-state index contributed by atoms with van der Waals surface area (Å²) >= 11 is 14.4. The Kier molecular flexibility index (Phi) is 27.6. The third-order valence-corrected chi connectivity index (χ3v) is 30.9. The Morgan fingerprint density at radius 1 is 0.600 bits per heavy atom. The smallest absolute Gasteiger partial charge is 0.243 e. The van der Waals surface area contributed by atoms with Crippen molar-refractivity contribution in [1.82, 2.24) is 62.0 Å². The number of ketones is 1. The molecular weight excluding hydrogens is 1690 g/mol. The fourth-order valence-corrected chi connectivity index (χ4v) is 24.0. The summed E-state index contributed by atoms with van der Waals surface area (Å²) < 4.78 is 92.6. The molecule has 0 radical (unpaired) electrons. The van der Waals surface area contributed by atoms with Crippen LogP contribution in [-0.4, -0.2) is 217 Å². The molecule has 8 aliphatic rings. The quantitative estimate of drug-likeness (QED) is 0.0615. The van der Waals surface area contributed by atoms with Crippen LogP contribution in [0.2, 0.25) is 0 Å². The largest absolute Gasteiger partial charge is 0.494 e. The molecule has 7 atom stereocenters. The summed E-state index contributed by atoms with van der Waals surface area (Å²) in [6.07, 6.45) is 6.71. The number of aliphatic imine (C=N–C) groups is 3. The second-order valence-corrected chi connectivity index (χ2v) is 41.8. The molecular formula is C77H94BrN19O10S8. The number of sulfonamides is 3. The highest BCUT2D eigenvalue weighted by Crippen LogP contribution is 2.43. The van der Waals surface area contributed by atoms with Gasteiger partial charge < -0.3 is 31.8 Å². The normalized spacial score (nSPS) is 21.7. The van der Waals surface area contributed by atoms with Crippen molar-refractivity contribution >= 4 is 176 Å². The lowest BCUT2D eigenvalue weighted by molar-refractivity contribution is -0.116. The van der Waals surface area contributed by atoms with Gasteiger partial charge in [-0.3, -0.25) is 19.7 Å². The molecule has 1 aliphatic carbocycles. The number of hydrogen-bond donors (Lipinski definition) is 4. The van der Waals surface area contributed by atoms with Crippen LogP contribution >= 0.6 is 74.8 Å². The average Bonchev–Trinajstić information content (AvgIpc) is 1.63. The highest BCUT2D eigenvalue weighted by molar-refractivity contribution is 9.10. The molecule has 5 aromatic carbocycles. The highest BCUT2D eigenvalue weighted by atomic mass is 79.9. The number of halogens is 1. The number of para-hydroxylation sites is 2. The van der Waals surface area contributed by atoms with Gasteiger partial charge in [-0.25, -0.2) is 55.2 Å². The summed E-state index contributed by atoms with van der Waals surface area (Å²) in [5, 5.41) is 26.4. The van der Waals surface area contributed by atoms with Crippen molar-refractivity contribution in [3.8, 4) is 11.5 Å². The zero-order valence-corrected chi connectivity index (χ0v) is 73.7. The standard InChI is InChI=1S/C18H19N7OS.C13H15N5O.C13H16N2O3S2.C13H16N2O2S2.C11H12BrNO3S.C7H11NS.C2H5NS/c1-10-20-12-8-24(9-14(12)27-10)7-6-15-21-17-11-4-3-5-13(26-2)16(11)22-18(19)25(17)23-15;1-3-5-10-15-12-8-6-4-7-9(19-2)11(8)16-13(14)18(12)17-10;1-9-3-5-11(6-4-9)20(17,18)15-7-12-13(16,8-15)14-10(2)19-12;1-9-3-5-11(6-4-9)19(16,17)15-7-12-13(8-15)18-10(2)14-12;1-8-2-4-9(5-3-8)17(15,16)13-6-10(12)11(14)7-13;1-5-8-6-3-2-4-7(6)9-5;1-2(3)4/h3-5H,6-9H2,1-2H3,(H2,19,22);4,6-7H,3,5H2,1-2H3,(H2,14,16);3-6,12,16H,7-8H2,1-2H3;3-6,12-13H,7-8H2,1-2H3;2-5,10H,6-7H2,1H3;6-7H,2-4H2,1H3;1H3,(H2,3,4). The molecule has 4 fully saturated rings. The van der Waals surface area contributed by atoms with E-state index in [1.54, 1.807) is 118 Å². The molecule has 5 aromatic heterocycles. The number of benzene rings is 5. The molecule has 0 amide bonds. The van der Waals surface area contributed by atoms with Gasteiger partial charge in [-0.2, -0.15) is 21.9 Å². The van der Waals surface area contributed by atoms with Gasteiger partial charge in [0.1, 0.15) is 22.5 Å². The number of β-amino-alcohol motifs (C(OH)–C–C–N with tert-alkyl or cyclic N) is 1. The van der Waals surface area contributed by atoms with Gasteiger partial charge in [0, 0.05) is 84.8 Å². The molecule has 38 heteroatoms. The van der Waals surface area contributed by atoms with E-state index in [0.717, 1.165) is 104 Å². The van der Waals surface area contributed by atoms with E-state index in [4.69, 9.17) is 31.7 Å². The van der Waals surface area contributed by atoms with Gasteiger partial charge in [-0.1, -0.05) is 107 Å². The second-order valence-electron chi connectivity index (χ2n) is 28.7. The predicted molar refractivity (Wildman–Crippen MR) is 467 cm³/mol. The number of nitrogens with zero attached hydrogens (tertiary/aromatic N) is 16. The maximum absolute atomic E-state index is 12.6. The molecule has 18 rings (SSSR count). The zero-order valence-electron chi connectivity index (χ0n) is 65.6. The Hall–Kier alpha value is -7.70. The van der Waals surface area contributed by atoms with Gasteiger partial charge in [0.15, 0.2) is 34.5 Å². The molecule has 115 heavy (non-hydrogen) atoms. The summed E-state index contributed by atoms with van der Waals surface area (Å²) in [5.74, 6) is 3.44. The minimum atomic E-state index is -3.56. The van der Waals surface area contributed by atoms with Crippen LogP contribution in [0.15, 0.2) is 139 Å². The van der Waals surface area contributed by atoms with E-state index >= 15 is 0 Å². The third-order valence-electron chi connectivity index (χ3n) is 19.8. The number of thiocarbonyl (C=S) groups is 1. The maximum atomic E-state index is 12.6. The van der Waals surface area contributed by atoms with E-state index < -0.39 is 35.8 Å². The number of nitrogens with two attached hydrogens (primary N) is 3. The van der Waals surface area contributed by atoms with Crippen molar-refractivity contribution in [2.75, 3.05) is 71.5 Å². The molecule has 3 saturated heterocycles. The summed E-state index contributed by atoms with van der Waals surface area (Å²) in [7, 11) is -7.23. The average molecular weight is 1780 g/mol. The van der Waals surface area contributed by atoms with Crippen LogP contribution < -0.4 is 26.7 Å². The lowest BCUT2D eigenvalue weighted by atomic mass is 10.2. The summed E-state index contributed by atoms with van der Waals surface area (Å²) in [5.41, 5.74) is 22.8. The van der Waals surface area contributed by atoms with Crippen molar-refractivity contribution in [3.63, 3.8) is 0 Å². The lowest BCUT2D eigenvalue weighted by Gasteiger charge is -2.18. The molecule has 1 saturated carbocycles. The first-order chi connectivity index (χ1) is 54.6. The zero-order chi connectivity index (χ0) is 82.6. The molecule has 7 aliphatic heterocycles. The number of anilines is 2. The summed E-state index contributed by atoms with van der Waals surface area (Å²) in [6, 6.07) is 32.7. The number of fused-ring (bicyclic) bond motifs is 10. The number of aliphatic hydroxyl groups is 1. The number of thiazole rings is 1. The van der Waals surface area contributed by atoms with Crippen LogP contribution in [0.1, 0.15) is 104 Å². The first kappa shape index (κ1) is 86.6. The van der Waals surface area contributed by atoms with Gasteiger partial charge in [-0.05, 0) is 135 Å². The number of ether oxygens (including phenoxy) is 2. The lowest BCUT2D eigenvalue weighted by Crippen LogP contribution is -2.36. The SMILES string of the molecule is CC(N)=S.CC1=NC2(O)CN(S(=O)(=O)c3ccc(C)cc3)CC2S1.CC1=NC2CCCC2S1.CC1=NC2CN(S(=O)(=O)c3ccc(C)cc3)CC2S1.CCCc1nc2c3cccc(OC)c3nc(N)n2n1.COc1cccc2c1nc(N)n1nc(CCN3Cc4nc(C)sc4C3)nc21.Cc1ccc(S(=O)(=O)N2CC(=O)C(Br)C2)cc1. The molecule has 0 spiro atoms. The number of nitrogen functional groups attached to an aromatic ring is 2. The number of aryl methyl sites for hydroxylation is 5. The second kappa shape index (κ2) is 36.7. The monoisotopic (exact) mass is 1780 g/mol. The fourth-order valence-electron chi connectivity index (χ4n) is 14.1. The van der Waals surface area contributed by atoms with E-state index in [1.807, 2.05) is 94.9 Å². The van der Waals surface area contributed by atoms with Crippen LogP contribution in [0.3, 0.4) is 0 Å². The summed E-state index contributed by atoms with van der Waals surface area (Å²) in [6.45, 7) is 21.8. The molecule has 7 unspecified atom stereocenters. The number of rotatable bonds is 13. The Balaban J connectivity index is 0.000000129. The van der Waals surface area contributed by atoms with E-state index in [2.05, 4.69) is 98.9 Å². The Labute approximate surface area is 700 Å². The van der Waals surface area contributed by atoms with Crippen molar-refractivity contribution < 1.29 is 44.6 Å². The topological polar surface area (TPSA) is 385 Å². The van der Waals surface area contributed by atoms with Crippen LogP contribution in [0.25, 0.3) is 33.1 Å². The number of aromatic nitrogens is 9. The third kappa shape index (κ3) is 20.0. The van der Waals surface area contributed by atoms with Crippen LogP contribution in [-0.2, 0) is 60.8 Å². The summed E-state index contributed by atoms with van der Waals surface area (Å²) in [4.78, 5) is 52.0. The van der Waals surface area contributed by atoms with Gasteiger partial charge in [0.05, 0.1) is 95.0 Å². The fraction of sp³-hybridized carbons (Fsp3) is 0.429. The number of hydrogen-bond acceptors (Lipinski definition) is 28. The van der Waals surface area contributed by atoms with E-state index in [1.165, 1.54) is 55.2 Å². The Bertz CT molecular complexity index is 5690. The van der Waals surface area contributed by atoms with Crippen LogP contribution in [0.5, 0.6) is 11.5 Å². The Morgan fingerprint density at radius 2 is 1.10 bits per heavy atom. The molecule has 0 bridgehead atoms. The van der Waals surface area contributed by atoms with Gasteiger partial charge >= 0.3 is 0 Å². The maximum Gasteiger partial charge on any atom is 0.243 e. The van der Waals surface area contributed by atoms with E-state index in [9.17, 15) is 35.2 Å². The van der Waals surface area contributed by atoms with E-state index in [0.29, 0.717) is 74.3 Å². The highest BCUT2D eigenvalue weighted by Gasteiger charge is 2.53. The van der Waals surface area contributed by atoms with Crippen molar-refractivity contribution in [3.05, 3.63) is 153 Å².